The van der Waals surface area contributed by atoms with Crippen LogP contribution in [0, 0.1) is 20.8 Å². The predicted octanol–water partition coefficient (Wildman–Crippen LogP) is 3.32. The molecule has 0 saturated heterocycles. The average molecular weight is 391 g/mol. The van der Waals surface area contributed by atoms with Crippen LogP contribution in [0.5, 0.6) is 5.75 Å². The van der Waals surface area contributed by atoms with E-state index in [4.69, 9.17) is 4.74 Å². The van der Waals surface area contributed by atoms with Crippen molar-refractivity contribution < 1.29 is 17.9 Å². The van der Waals surface area contributed by atoms with Gasteiger partial charge in [-0.3, -0.25) is 4.79 Å². The van der Waals surface area contributed by atoms with E-state index in [2.05, 4.69) is 10.0 Å². The number of amides is 1. The summed E-state index contributed by atoms with van der Waals surface area (Å²) in [6, 6.07) is 10.3. The third-order valence-electron chi connectivity index (χ3n) is 4.15. The third kappa shape index (κ3) is 5.80. The van der Waals surface area contributed by atoms with Crippen LogP contribution in [0.4, 0.5) is 5.69 Å². The lowest BCUT2D eigenvalue weighted by atomic mass is 10.1. The first kappa shape index (κ1) is 20.9. The number of nitrogens with one attached hydrogen (secondary N) is 2. The van der Waals surface area contributed by atoms with Gasteiger partial charge in [0.05, 0.1) is 4.90 Å². The van der Waals surface area contributed by atoms with Gasteiger partial charge in [0.15, 0.2) is 6.61 Å². The SMILES string of the molecule is CCCNS(=O)(=O)c1ccc(OCC(=O)Nc2ccc(C)c(C)c2)c(C)c1. The Morgan fingerprint density at radius 1 is 1.00 bits per heavy atom. The maximum absolute atomic E-state index is 12.2. The number of rotatable bonds is 8. The molecule has 0 fully saturated rings. The van der Waals surface area contributed by atoms with Crippen LogP contribution >= 0.6 is 0 Å². The van der Waals surface area contributed by atoms with Gasteiger partial charge >= 0.3 is 0 Å². The number of ether oxygens (including phenoxy) is 1. The molecule has 0 aromatic heterocycles. The van der Waals surface area contributed by atoms with Gasteiger partial charge in [-0.2, -0.15) is 0 Å². The second kappa shape index (κ2) is 9.01. The number of hydrogen-bond donors (Lipinski definition) is 2. The normalized spacial score (nSPS) is 11.3. The highest BCUT2D eigenvalue weighted by Gasteiger charge is 2.15. The lowest BCUT2D eigenvalue weighted by Gasteiger charge is -2.12. The zero-order chi connectivity index (χ0) is 20.0. The molecule has 7 heteroatoms. The summed E-state index contributed by atoms with van der Waals surface area (Å²) in [4.78, 5) is 12.3. The van der Waals surface area contributed by atoms with E-state index in [9.17, 15) is 13.2 Å². The monoisotopic (exact) mass is 390 g/mol. The zero-order valence-electron chi connectivity index (χ0n) is 16.1. The minimum absolute atomic E-state index is 0.159. The highest BCUT2D eigenvalue weighted by molar-refractivity contribution is 7.89. The number of hydrogen-bond acceptors (Lipinski definition) is 4. The maximum Gasteiger partial charge on any atom is 0.262 e. The molecule has 146 valence electrons. The summed E-state index contributed by atoms with van der Waals surface area (Å²) < 4.78 is 32.4. The molecule has 0 aliphatic carbocycles. The van der Waals surface area contributed by atoms with Gasteiger partial charge in [0.2, 0.25) is 10.0 Å². The Morgan fingerprint density at radius 2 is 1.74 bits per heavy atom. The fourth-order valence-electron chi connectivity index (χ4n) is 2.43. The minimum atomic E-state index is -3.53. The number of aryl methyl sites for hydroxylation is 3. The number of anilines is 1. The number of benzene rings is 2. The van der Waals surface area contributed by atoms with Crippen molar-refractivity contribution in [3.63, 3.8) is 0 Å². The van der Waals surface area contributed by atoms with E-state index < -0.39 is 10.0 Å². The summed E-state index contributed by atoms with van der Waals surface area (Å²) in [5.41, 5.74) is 3.61. The molecule has 6 nitrogen and oxygen atoms in total. The van der Waals surface area contributed by atoms with Gasteiger partial charge < -0.3 is 10.1 Å². The van der Waals surface area contributed by atoms with Crippen molar-refractivity contribution in [2.24, 2.45) is 0 Å². The van der Waals surface area contributed by atoms with Crippen LogP contribution in [0.1, 0.15) is 30.0 Å². The highest BCUT2D eigenvalue weighted by Crippen LogP contribution is 2.22. The molecule has 0 atom stereocenters. The zero-order valence-corrected chi connectivity index (χ0v) is 16.9. The predicted molar refractivity (Wildman–Crippen MR) is 107 cm³/mol. The molecule has 0 bridgehead atoms. The summed E-state index contributed by atoms with van der Waals surface area (Å²) in [5.74, 6) is 0.193. The summed E-state index contributed by atoms with van der Waals surface area (Å²) >= 11 is 0. The average Bonchev–Trinajstić information content (AvgIpc) is 2.62. The van der Waals surface area contributed by atoms with E-state index in [0.29, 0.717) is 23.5 Å². The van der Waals surface area contributed by atoms with Crippen molar-refractivity contribution in [1.82, 2.24) is 4.72 Å². The molecule has 0 aliphatic rings. The molecular weight excluding hydrogens is 364 g/mol. The second-order valence-electron chi connectivity index (χ2n) is 6.46. The van der Waals surface area contributed by atoms with Crippen molar-refractivity contribution in [1.29, 1.82) is 0 Å². The van der Waals surface area contributed by atoms with Crippen LogP contribution in [0.25, 0.3) is 0 Å². The highest BCUT2D eigenvalue weighted by atomic mass is 32.2. The van der Waals surface area contributed by atoms with E-state index in [1.807, 2.05) is 39.0 Å². The summed E-state index contributed by atoms with van der Waals surface area (Å²) in [6.45, 7) is 7.86. The van der Waals surface area contributed by atoms with Gasteiger partial charge in [-0.05, 0) is 74.2 Å². The number of carbonyl (C=O) groups is 1. The first-order chi connectivity index (χ1) is 12.7. The fourth-order valence-corrected chi connectivity index (χ4v) is 3.65. The molecule has 0 radical (unpaired) electrons. The standard InChI is InChI=1S/C20H26N2O4S/c1-5-10-21-27(24,25)18-8-9-19(16(4)12-18)26-13-20(23)22-17-7-6-14(2)15(3)11-17/h6-9,11-12,21H,5,10,13H2,1-4H3,(H,22,23). The van der Waals surface area contributed by atoms with Gasteiger partial charge in [0.1, 0.15) is 5.75 Å². The van der Waals surface area contributed by atoms with E-state index in [1.165, 1.54) is 12.1 Å². The van der Waals surface area contributed by atoms with Crippen molar-refractivity contribution in [2.45, 2.75) is 39.0 Å². The minimum Gasteiger partial charge on any atom is -0.483 e. The van der Waals surface area contributed by atoms with Gasteiger partial charge in [-0.15, -0.1) is 0 Å². The van der Waals surface area contributed by atoms with Crippen molar-refractivity contribution in [3.05, 3.63) is 53.1 Å². The first-order valence-corrected chi connectivity index (χ1v) is 10.3. The summed E-state index contributed by atoms with van der Waals surface area (Å²) in [5, 5.41) is 2.79. The summed E-state index contributed by atoms with van der Waals surface area (Å²) in [7, 11) is -3.53. The van der Waals surface area contributed by atoms with E-state index in [1.54, 1.807) is 13.0 Å². The van der Waals surface area contributed by atoms with E-state index in [0.717, 1.165) is 17.5 Å². The van der Waals surface area contributed by atoms with Crippen LogP contribution < -0.4 is 14.8 Å². The molecule has 0 heterocycles. The van der Waals surface area contributed by atoms with Crippen LogP contribution in [-0.2, 0) is 14.8 Å². The van der Waals surface area contributed by atoms with Gasteiger partial charge in [0, 0.05) is 12.2 Å². The van der Waals surface area contributed by atoms with Crippen LogP contribution in [0.3, 0.4) is 0 Å². The Labute approximate surface area is 161 Å². The number of sulfonamides is 1. The Hall–Kier alpha value is -2.38. The molecular formula is C20H26N2O4S. The molecule has 2 rings (SSSR count). The molecule has 0 unspecified atom stereocenters. The summed E-state index contributed by atoms with van der Waals surface area (Å²) in [6.07, 6.45) is 0.717. The van der Waals surface area contributed by atoms with Crippen LogP contribution in [0.2, 0.25) is 0 Å². The van der Waals surface area contributed by atoms with E-state index in [-0.39, 0.29) is 17.4 Å². The quantitative estimate of drug-likeness (QED) is 0.724. The molecule has 1 amide bonds. The molecule has 2 aromatic carbocycles. The van der Waals surface area contributed by atoms with Crippen molar-refractivity contribution in [3.8, 4) is 5.75 Å². The molecule has 2 aromatic rings. The lowest BCUT2D eigenvalue weighted by Crippen LogP contribution is -2.24. The lowest BCUT2D eigenvalue weighted by molar-refractivity contribution is -0.118. The van der Waals surface area contributed by atoms with Crippen molar-refractivity contribution in [2.75, 3.05) is 18.5 Å². The molecule has 27 heavy (non-hydrogen) atoms. The van der Waals surface area contributed by atoms with Crippen LogP contribution in [0.15, 0.2) is 41.3 Å². The Kier molecular flexibility index (Phi) is 6.98. The Balaban J connectivity index is 1.99. The largest absolute Gasteiger partial charge is 0.483 e. The van der Waals surface area contributed by atoms with Gasteiger partial charge in [-0.1, -0.05) is 13.0 Å². The van der Waals surface area contributed by atoms with Gasteiger partial charge in [-0.25, -0.2) is 13.1 Å². The second-order valence-corrected chi connectivity index (χ2v) is 8.23. The molecule has 0 spiro atoms. The van der Waals surface area contributed by atoms with Gasteiger partial charge in [0.25, 0.3) is 5.91 Å². The fraction of sp³-hybridized carbons (Fsp3) is 0.350. The van der Waals surface area contributed by atoms with E-state index >= 15 is 0 Å². The molecule has 0 saturated carbocycles. The molecule has 0 aliphatic heterocycles. The Morgan fingerprint density at radius 3 is 2.37 bits per heavy atom. The topological polar surface area (TPSA) is 84.5 Å². The maximum atomic E-state index is 12.2. The Bertz CT molecular complexity index is 924. The smallest absolute Gasteiger partial charge is 0.262 e. The number of carbonyl (C=O) groups excluding carboxylic acids is 1. The van der Waals surface area contributed by atoms with Crippen molar-refractivity contribution >= 4 is 21.6 Å². The van der Waals surface area contributed by atoms with Crippen LogP contribution in [-0.4, -0.2) is 27.5 Å². The first-order valence-electron chi connectivity index (χ1n) is 8.83. The molecule has 2 N–H and O–H groups in total. The third-order valence-corrected chi connectivity index (χ3v) is 5.61.